The summed E-state index contributed by atoms with van der Waals surface area (Å²) >= 11 is 0. The minimum absolute atomic E-state index is 0.0773. The summed E-state index contributed by atoms with van der Waals surface area (Å²) in [4.78, 5) is 20.3. The molecule has 128 valence electrons. The summed E-state index contributed by atoms with van der Waals surface area (Å²) in [6.45, 7) is 3.69. The van der Waals surface area contributed by atoms with Crippen molar-refractivity contribution in [2.75, 3.05) is 13.7 Å². The lowest BCUT2D eigenvalue weighted by Gasteiger charge is -2.15. The van der Waals surface area contributed by atoms with Crippen LogP contribution in [0.5, 0.6) is 0 Å². The fraction of sp³-hybridized carbons (Fsp3) is 0.267. The molecule has 0 aliphatic rings. The van der Waals surface area contributed by atoms with Crippen molar-refractivity contribution in [2.24, 2.45) is 0 Å². The van der Waals surface area contributed by atoms with E-state index in [1.54, 1.807) is 12.1 Å². The van der Waals surface area contributed by atoms with E-state index in [2.05, 4.69) is 21.2 Å². The van der Waals surface area contributed by atoms with Crippen LogP contribution in [0.25, 0.3) is 11.4 Å². The Morgan fingerprint density at radius 2 is 2.04 bits per heavy atom. The normalized spacial score (nSPS) is 11.3. The fourth-order valence-electron chi connectivity index (χ4n) is 1.75. The zero-order valence-electron chi connectivity index (χ0n) is 12.7. The van der Waals surface area contributed by atoms with E-state index in [1.165, 1.54) is 25.3 Å². The molecule has 2 aromatic rings. The van der Waals surface area contributed by atoms with Crippen LogP contribution in [0.1, 0.15) is 11.5 Å². The Hall–Kier alpha value is -2.68. The van der Waals surface area contributed by atoms with E-state index < -0.39 is 12.1 Å². The van der Waals surface area contributed by atoms with Gasteiger partial charge < -0.3 is 4.52 Å². The number of carbonyl (C=O) groups excluding carboxylic acids is 1. The Bertz CT molecular complexity index is 711. The van der Waals surface area contributed by atoms with Gasteiger partial charge in [0.05, 0.1) is 13.0 Å². The minimum Gasteiger partial charge on any atom is -0.329 e. The SMILES string of the molecule is C=CCON(C)C(=O)Cc1ccc(-c2noc(C(F)(F)F)n2)cc1. The van der Waals surface area contributed by atoms with Crippen molar-refractivity contribution in [3.8, 4) is 11.4 Å². The Morgan fingerprint density at radius 1 is 1.38 bits per heavy atom. The summed E-state index contributed by atoms with van der Waals surface area (Å²) in [5.41, 5.74) is 1.01. The number of hydroxylamine groups is 2. The second kappa shape index (κ2) is 7.26. The summed E-state index contributed by atoms with van der Waals surface area (Å²) in [5, 5.41) is 4.40. The largest absolute Gasteiger partial charge is 0.471 e. The summed E-state index contributed by atoms with van der Waals surface area (Å²) in [7, 11) is 1.48. The molecule has 6 nitrogen and oxygen atoms in total. The van der Waals surface area contributed by atoms with Gasteiger partial charge in [-0.05, 0) is 5.56 Å². The quantitative estimate of drug-likeness (QED) is 0.597. The van der Waals surface area contributed by atoms with Gasteiger partial charge in [-0.15, -0.1) is 6.58 Å². The van der Waals surface area contributed by atoms with Crippen LogP contribution in [0.15, 0.2) is 41.4 Å². The highest BCUT2D eigenvalue weighted by molar-refractivity contribution is 5.77. The molecule has 0 aliphatic carbocycles. The molecule has 0 bridgehead atoms. The van der Waals surface area contributed by atoms with Crippen LogP contribution in [0, 0.1) is 0 Å². The summed E-state index contributed by atoms with van der Waals surface area (Å²) in [6, 6.07) is 6.22. The van der Waals surface area contributed by atoms with Crippen molar-refractivity contribution in [3.05, 3.63) is 48.4 Å². The van der Waals surface area contributed by atoms with Gasteiger partial charge in [-0.1, -0.05) is 35.5 Å². The van der Waals surface area contributed by atoms with Gasteiger partial charge in [-0.2, -0.15) is 18.2 Å². The zero-order chi connectivity index (χ0) is 17.7. The Kier molecular flexibility index (Phi) is 5.35. The maximum Gasteiger partial charge on any atom is 0.471 e. The molecule has 1 amide bonds. The van der Waals surface area contributed by atoms with E-state index in [0.717, 1.165) is 5.06 Å². The molecule has 0 fully saturated rings. The third-order valence-electron chi connectivity index (χ3n) is 2.97. The van der Waals surface area contributed by atoms with Gasteiger partial charge in [0.1, 0.15) is 0 Å². The molecule has 0 unspecified atom stereocenters. The highest BCUT2D eigenvalue weighted by Crippen LogP contribution is 2.29. The maximum atomic E-state index is 12.4. The Balaban J connectivity index is 2.04. The molecule has 0 saturated heterocycles. The number of likely N-dealkylation sites (N-methyl/N-ethyl adjacent to an activating group) is 1. The van der Waals surface area contributed by atoms with Crippen LogP contribution in [-0.4, -0.2) is 34.8 Å². The number of benzene rings is 1. The topological polar surface area (TPSA) is 68.5 Å². The first-order valence-electron chi connectivity index (χ1n) is 6.82. The van der Waals surface area contributed by atoms with Gasteiger partial charge in [0.15, 0.2) is 0 Å². The first-order valence-corrected chi connectivity index (χ1v) is 6.82. The Labute approximate surface area is 135 Å². The summed E-state index contributed by atoms with van der Waals surface area (Å²) in [6.07, 6.45) is -3.10. The molecule has 2 rings (SSSR count). The number of rotatable bonds is 6. The molecule has 24 heavy (non-hydrogen) atoms. The highest BCUT2D eigenvalue weighted by atomic mass is 19.4. The van der Waals surface area contributed by atoms with Crippen molar-refractivity contribution in [1.82, 2.24) is 15.2 Å². The maximum absolute atomic E-state index is 12.4. The number of carbonyl (C=O) groups is 1. The second-order valence-electron chi connectivity index (χ2n) is 4.77. The monoisotopic (exact) mass is 341 g/mol. The number of hydrogen-bond acceptors (Lipinski definition) is 5. The molecule has 0 aliphatic heterocycles. The molecule has 9 heteroatoms. The third kappa shape index (κ3) is 4.42. The van der Waals surface area contributed by atoms with Gasteiger partial charge in [0.25, 0.3) is 0 Å². The van der Waals surface area contributed by atoms with E-state index in [-0.39, 0.29) is 24.8 Å². The average molecular weight is 341 g/mol. The first-order chi connectivity index (χ1) is 11.3. The van der Waals surface area contributed by atoms with Crippen molar-refractivity contribution in [3.63, 3.8) is 0 Å². The predicted octanol–water partition coefficient (Wildman–Crippen LogP) is 2.87. The summed E-state index contributed by atoms with van der Waals surface area (Å²) in [5.74, 6) is -1.85. The third-order valence-corrected chi connectivity index (χ3v) is 2.97. The molecule has 0 spiro atoms. The van der Waals surface area contributed by atoms with Crippen LogP contribution in [0.3, 0.4) is 0 Å². The lowest BCUT2D eigenvalue weighted by Crippen LogP contribution is -2.28. The number of alkyl halides is 3. The van der Waals surface area contributed by atoms with Crippen LogP contribution < -0.4 is 0 Å². The predicted molar refractivity (Wildman–Crippen MR) is 77.4 cm³/mol. The molecular weight excluding hydrogens is 327 g/mol. The van der Waals surface area contributed by atoms with Crippen molar-refractivity contribution < 1.29 is 27.3 Å². The standard InChI is InChI=1S/C15H14F3N3O3/c1-3-8-23-21(2)12(22)9-10-4-6-11(7-5-10)13-19-14(24-20-13)15(16,17)18/h3-7H,1,8-9H2,2H3. The van der Waals surface area contributed by atoms with E-state index in [9.17, 15) is 18.0 Å². The first kappa shape index (κ1) is 17.7. The number of amides is 1. The second-order valence-corrected chi connectivity index (χ2v) is 4.77. The minimum atomic E-state index is -4.69. The fourth-order valence-corrected chi connectivity index (χ4v) is 1.75. The lowest BCUT2D eigenvalue weighted by atomic mass is 10.1. The van der Waals surface area contributed by atoms with Gasteiger partial charge in [-0.3, -0.25) is 9.63 Å². The zero-order valence-corrected chi connectivity index (χ0v) is 12.7. The molecule has 0 saturated carbocycles. The van der Waals surface area contributed by atoms with Crippen molar-refractivity contribution in [2.45, 2.75) is 12.6 Å². The molecule has 0 N–H and O–H groups in total. The van der Waals surface area contributed by atoms with E-state index in [4.69, 9.17) is 4.84 Å². The van der Waals surface area contributed by atoms with Crippen molar-refractivity contribution >= 4 is 5.91 Å². The lowest BCUT2D eigenvalue weighted by molar-refractivity contribution is -0.173. The van der Waals surface area contributed by atoms with E-state index in [1.807, 2.05) is 0 Å². The van der Waals surface area contributed by atoms with Crippen LogP contribution in [0.4, 0.5) is 13.2 Å². The number of aromatic nitrogens is 2. The Morgan fingerprint density at radius 3 is 2.58 bits per heavy atom. The number of halogens is 3. The smallest absolute Gasteiger partial charge is 0.329 e. The van der Waals surface area contributed by atoms with Crippen molar-refractivity contribution in [1.29, 1.82) is 0 Å². The van der Waals surface area contributed by atoms with Gasteiger partial charge in [0.2, 0.25) is 11.7 Å². The average Bonchev–Trinajstić information content (AvgIpc) is 3.03. The molecular formula is C15H14F3N3O3. The molecule has 1 aromatic carbocycles. The van der Waals surface area contributed by atoms with Crippen LogP contribution in [0.2, 0.25) is 0 Å². The van der Waals surface area contributed by atoms with Gasteiger partial charge in [-0.25, -0.2) is 5.06 Å². The molecule has 1 aromatic heterocycles. The molecule has 0 atom stereocenters. The molecule has 1 heterocycles. The van der Waals surface area contributed by atoms with Gasteiger partial charge >= 0.3 is 12.1 Å². The van der Waals surface area contributed by atoms with E-state index in [0.29, 0.717) is 11.1 Å². The molecule has 0 radical (unpaired) electrons. The number of nitrogens with zero attached hydrogens (tertiary/aromatic N) is 3. The van der Waals surface area contributed by atoms with Crippen LogP contribution in [-0.2, 0) is 22.2 Å². The highest BCUT2D eigenvalue weighted by Gasteiger charge is 2.38. The van der Waals surface area contributed by atoms with Crippen LogP contribution >= 0.6 is 0 Å². The summed E-state index contributed by atoms with van der Waals surface area (Å²) < 4.78 is 41.5. The number of hydrogen-bond donors (Lipinski definition) is 0. The van der Waals surface area contributed by atoms with E-state index >= 15 is 0 Å². The van der Waals surface area contributed by atoms with Gasteiger partial charge in [0, 0.05) is 12.6 Å².